The van der Waals surface area contributed by atoms with Crippen LogP contribution in [0.5, 0.6) is 0 Å². The van der Waals surface area contributed by atoms with Crippen molar-refractivity contribution < 1.29 is 0 Å². The molecule has 0 radical (unpaired) electrons. The number of hydrogen-bond acceptors (Lipinski definition) is 2. The Hall–Kier alpha value is -9.12. The lowest BCUT2D eigenvalue weighted by atomic mass is 9.33. The highest BCUT2D eigenvalue weighted by Crippen LogP contribution is 2.52. The van der Waals surface area contributed by atoms with Crippen LogP contribution in [0.1, 0.15) is 203 Å². The van der Waals surface area contributed by atoms with E-state index in [9.17, 15) is 0 Å². The summed E-state index contributed by atoms with van der Waals surface area (Å²) in [6, 6.07) is 86.6. The van der Waals surface area contributed by atoms with Crippen LogP contribution in [0.3, 0.4) is 0 Å². The number of rotatable bonds is 7. The molecule has 0 fully saturated rings. The molecule has 0 amide bonds. The monoisotopic (exact) mass is 1320 g/mol. The Labute approximate surface area is 604 Å². The summed E-state index contributed by atoms with van der Waals surface area (Å²) < 4.78 is 2.53. The molecule has 0 N–H and O–H groups in total. The van der Waals surface area contributed by atoms with E-state index < -0.39 is 0 Å². The van der Waals surface area contributed by atoms with Gasteiger partial charge in [0.15, 0.2) is 0 Å². The Balaban J connectivity index is 1.04. The van der Waals surface area contributed by atoms with Gasteiger partial charge in [0.2, 0.25) is 0 Å². The molecule has 0 spiro atoms. The average molecular weight is 1320 g/mol. The first-order chi connectivity index (χ1) is 47.3. The largest absolute Gasteiger partial charge is 0.311 e. The summed E-state index contributed by atoms with van der Waals surface area (Å²) in [5.74, 6) is 0. The predicted molar refractivity (Wildman–Crippen MR) is 439 cm³/mol. The molecule has 0 saturated heterocycles. The minimum Gasteiger partial charge on any atom is -0.311 e. The summed E-state index contributed by atoms with van der Waals surface area (Å²) in [5, 5.41) is 2.48. The number of aromatic nitrogens is 1. The molecule has 1 aliphatic carbocycles. The molecule has 3 heterocycles. The fourth-order valence-corrected chi connectivity index (χ4v) is 17.0. The van der Waals surface area contributed by atoms with E-state index in [1.54, 1.807) is 0 Å². The van der Waals surface area contributed by atoms with E-state index in [4.69, 9.17) is 0 Å². The van der Waals surface area contributed by atoms with Gasteiger partial charge in [0.1, 0.15) is 0 Å². The minimum absolute atomic E-state index is 0.0240. The van der Waals surface area contributed by atoms with Crippen molar-refractivity contribution in [1.82, 2.24) is 4.57 Å². The Bertz CT molecular complexity index is 5160. The maximum Gasteiger partial charge on any atom is 0.252 e. The van der Waals surface area contributed by atoms with Crippen molar-refractivity contribution >= 4 is 79.0 Å². The second-order valence-corrected chi connectivity index (χ2v) is 37.6. The van der Waals surface area contributed by atoms with Crippen LogP contribution in [0.4, 0.5) is 34.1 Å². The van der Waals surface area contributed by atoms with Crippen LogP contribution in [-0.4, -0.2) is 11.3 Å². The van der Waals surface area contributed by atoms with Gasteiger partial charge in [-0.1, -0.05) is 310 Å². The Morgan fingerprint density at radius 3 is 0.970 bits per heavy atom. The third kappa shape index (κ3) is 11.9. The predicted octanol–water partition coefficient (Wildman–Crippen LogP) is 25.3. The van der Waals surface area contributed by atoms with Crippen LogP contribution >= 0.6 is 0 Å². The highest BCUT2D eigenvalue weighted by Gasteiger charge is 2.46. The smallest absolute Gasteiger partial charge is 0.252 e. The van der Waals surface area contributed by atoms with E-state index in [1.165, 1.54) is 144 Å². The van der Waals surface area contributed by atoms with Crippen LogP contribution in [0, 0.1) is 0 Å². The lowest BCUT2D eigenvalue weighted by Gasteiger charge is -2.45. The molecular formula is C97H104BN3. The highest BCUT2D eigenvalue weighted by atomic mass is 15.2. The molecule has 0 atom stereocenters. The first kappa shape index (κ1) is 67.7. The summed E-state index contributed by atoms with van der Waals surface area (Å²) in [6.07, 6.45) is 1.13. The van der Waals surface area contributed by atoms with Gasteiger partial charge < -0.3 is 14.4 Å². The van der Waals surface area contributed by atoms with Gasteiger partial charge in [-0.05, 0) is 216 Å². The van der Waals surface area contributed by atoms with E-state index in [1.807, 2.05) is 0 Å². The van der Waals surface area contributed by atoms with Gasteiger partial charge in [-0.3, -0.25) is 0 Å². The molecule has 4 heteroatoms. The van der Waals surface area contributed by atoms with Gasteiger partial charge in [-0.15, -0.1) is 0 Å². The summed E-state index contributed by atoms with van der Waals surface area (Å²) in [7, 11) is 0. The summed E-state index contributed by atoms with van der Waals surface area (Å²) >= 11 is 0. The lowest BCUT2D eigenvalue weighted by Crippen LogP contribution is -2.61. The highest BCUT2D eigenvalue weighted by molar-refractivity contribution is 7.00. The van der Waals surface area contributed by atoms with E-state index in [0.29, 0.717) is 0 Å². The quantitative estimate of drug-likeness (QED) is 0.147. The summed E-state index contributed by atoms with van der Waals surface area (Å²) in [6.45, 7) is 51.8. The zero-order valence-corrected chi connectivity index (χ0v) is 64.4. The maximum absolute atomic E-state index is 2.63. The number of anilines is 6. The van der Waals surface area contributed by atoms with Crippen LogP contribution in [0.2, 0.25) is 0 Å². The third-order valence-electron chi connectivity index (χ3n) is 22.8. The van der Waals surface area contributed by atoms with Crippen molar-refractivity contribution in [3.63, 3.8) is 0 Å². The maximum atomic E-state index is 2.63. The topological polar surface area (TPSA) is 11.4 Å². The second-order valence-electron chi connectivity index (χ2n) is 37.6. The third-order valence-corrected chi connectivity index (χ3v) is 22.8. The molecule has 15 rings (SSSR count). The summed E-state index contributed by atoms with van der Waals surface area (Å²) in [5.41, 5.74) is 35.0. The van der Waals surface area contributed by atoms with Gasteiger partial charge in [-0.2, -0.15) is 0 Å². The summed E-state index contributed by atoms with van der Waals surface area (Å²) in [4.78, 5) is 5.26. The fraction of sp³-hybridized carbons (Fsp3) is 0.320. The Morgan fingerprint density at radius 2 is 0.594 bits per heavy atom. The molecule has 0 unspecified atom stereocenters. The lowest BCUT2D eigenvalue weighted by molar-refractivity contribution is 0.403. The number of para-hydroxylation sites is 2. The Morgan fingerprint density at radius 1 is 0.277 bits per heavy atom. The average Bonchev–Trinajstić information content (AvgIpc) is 0.768. The molecule has 101 heavy (non-hydrogen) atoms. The number of nitrogens with zero attached hydrogens (tertiary/aromatic N) is 3. The van der Waals surface area contributed by atoms with Crippen molar-refractivity contribution in [3.05, 3.63) is 263 Å². The zero-order valence-electron chi connectivity index (χ0n) is 64.4. The molecule has 3 nitrogen and oxygen atoms in total. The van der Waals surface area contributed by atoms with Gasteiger partial charge in [0.25, 0.3) is 6.71 Å². The second kappa shape index (κ2) is 23.2. The van der Waals surface area contributed by atoms with Gasteiger partial charge in [0.05, 0.1) is 16.7 Å². The van der Waals surface area contributed by atoms with Crippen molar-refractivity contribution in [2.45, 2.75) is 202 Å². The SMILES string of the molecule is CC(C)(C)c1cc(-c2ccc(N3c4ccc(-c5cc(C(C)(C)C)cc(C(C)(C)C)c5)cc4B4c5cc(-c6cc(C(C)(C)C)cc(C(C)(C)C)c6)ccc5N(c5ccc(-c6ccc7c(c6)C(C)(C)CC7(C)C)cc5)c5cc(-n6c7ccccc7c7ccccc76)cc3c54)cc2)cc(C(C)(C)C)c1. The van der Waals surface area contributed by atoms with Crippen LogP contribution < -0.4 is 26.2 Å². The first-order valence-electron chi connectivity index (χ1n) is 37.2. The van der Waals surface area contributed by atoms with Crippen LogP contribution in [0.15, 0.2) is 218 Å². The fourth-order valence-electron chi connectivity index (χ4n) is 17.0. The van der Waals surface area contributed by atoms with Crippen molar-refractivity contribution in [2.24, 2.45) is 0 Å². The minimum atomic E-state index is -0.182. The zero-order chi connectivity index (χ0) is 71.8. The number of hydrogen-bond donors (Lipinski definition) is 0. The van der Waals surface area contributed by atoms with Crippen molar-refractivity contribution in [1.29, 1.82) is 0 Å². The van der Waals surface area contributed by atoms with Crippen molar-refractivity contribution in [2.75, 3.05) is 9.80 Å². The molecule has 11 aromatic carbocycles. The molecular weight excluding hydrogens is 1220 g/mol. The Kier molecular flexibility index (Phi) is 15.6. The number of fused-ring (bicyclic) bond motifs is 8. The van der Waals surface area contributed by atoms with E-state index >= 15 is 0 Å². The van der Waals surface area contributed by atoms with Crippen LogP contribution in [-0.2, 0) is 43.3 Å². The molecule has 12 aromatic rings. The van der Waals surface area contributed by atoms with Gasteiger partial charge in [-0.25, -0.2) is 0 Å². The molecule has 0 bridgehead atoms. The van der Waals surface area contributed by atoms with Gasteiger partial charge in [0, 0.05) is 44.9 Å². The van der Waals surface area contributed by atoms with E-state index in [0.717, 1.165) is 29.2 Å². The molecule has 0 saturated carbocycles. The standard InChI is InChI=1S/C97H104BN3/c1-90(2,3)68-45-65(46-69(54-68)91(4,5)6)61-33-40-75(41-34-61)100-86-44-37-64(67-49-72(94(13,14)15)56-73(50-67)95(16,17)18)53-82(86)98-81-52-63(66-47-70(92(7,8)9)55-71(48-66)93(10,11)12)36-43-85(81)99(74-38-31-60(32-39-74)62-35-42-79-80(51-62)97(21,22)59-96(79,19)20)87-57-76(58-88(100)89(87)98)101-83-29-25-23-27-77(83)78-28-24-26-30-84(78)101/h23-58H,59H2,1-22H3. The first-order valence-corrected chi connectivity index (χ1v) is 37.2. The van der Waals surface area contributed by atoms with E-state index in [-0.39, 0.29) is 50.0 Å². The molecule has 3 aliphatic rings. The van der Waals surface area contributed by atoms with E-state index in [2.05, 4.69) is 385 Å². The normalized spacial score (nSPS) is 15.1. The number of benzene rings is 11. The molecule has 510 valence electrons. The van der Waals surface area contributed by atoms with Crippen molar-refractivity contribution in [3.8, 4) is 50.2 Å². The molecule has 2 aliphatic heterocycles. The van der Waals surface area contributed by atoms with Crippen LogP contribution in [0.25, 0.3) is 72.0 Å². The van der Waals surface area contributed by atoms with Gasteiger partial charge >= 0.3 is 0 Å². The molecule has 1 aromatic heterocycles.